The molecule has 1 atom stereocenters. The molecule has 0 saturated heterocycles. The van der Waals surface area contributed by atoms with Crippen LogP contribution in [0.5, 0.6) is 0 Å². The van der Waals surface area contributed by atoms with E-state index in [0.717, 1.165) is 17.7 Å². The fourth-order valence-electron chi connectivity index (χ4n) is 2.34. The first-order valence-electron chi connectivity index (χ1n) is 6.98. The zero-order valence-electron chi connectivity index (χ0n) is 12.5. The van der Waals surface area contributed by atoms with Crippen molar-refractivity contribution in [3.63, 3.8) is 0 Å². The topological polar surface area (TPSA) is 52.6 Å². The van der Waals surface area contributed by atoms with Gasteiger partial charge in [-0.15, -0.1) is 0 Å². The number of aliphatic carboxylic acids is 1. The van der Waals surface area contributed by atoms with Crippen LogP contribution in [0.1, 0.15) is 17.2 Å². The van der Waals surface area contributed by atoms with E-state index >= 15 is 0 Å². The van der Waals surface area contributed by atoms with Crippen molar-refractivity contribution in [2.45, 2.75) is 12.2 Å². The highest BCUT2D eigenvalue weighted by molar-refractivity contribution is 5.69. The van der Waals surface area contributed by atoms with Gasteiger partial charge in [0.2, 0.25) is 0 Å². The summed E-state index contributed by atoms with van der Waals surface area (Å²) in [6.45, 7) is 0.168. The molecule has 0 aliphatic carbocycles. The average Bonchev–Trinajstić information content (AvgIpc) is 2.48. The molecule has 0 spiro atoms. The van der Waals surface area contributed by atoms with Gasteiger partial charge in [0, 0.05) is 13.6 Å². The summed E-state index contributed by atoms with van der Waals surface area (Å²) < 4.78 is 38.5. The minimum absolute atomic E-state index is 0.171. The molecule has 1 heterocycles. The van der Waals surface area contributed by atoms with Crippen LogP contribution in [-0.2, 0) is 11.0 Å². The van der Waals surface area contributed by atoms with Crippen molar-refractivity contribution >= 4 is 5.97 Å². The summed E-state index contributed by atoms with van der Waals surface area (Å²) in [5, 5.41) is 11.4. The van der Waals surface area contributed by atoms with E-state index in [4.69, 9.17) is 5.11 Å². The summed E-state index contributed by atoms with van der Waals surface area (Å²) in [7, 11) is 1.78. The largest absolute Gasteiger partial charge is 0.480 e. The van der Waals surface area contributed by atoms with Crippen molar-refractivity contribution < 1.29 is 23.1 Å². The lowest BCUT2D eigenvalue weighted by atomic mass is 9.98. The molecular weight excluding hydrogens is 309 g/mol. The minimum atomic E-state index is -4.38. The van der Waals surface area contributed by atoms with E-state index in [0.29, 0.717) is 12.1 Å². The summed E-state index contributed by atoms with van der Waals surface area (Å²) in [6, 6.07) is 4.89. The van der Waals surface area contributed by atoms with Crippen LogP contribution in [0.25, 0.3) is 0 Å². The zero-order valence-corrected chi connectivity index (χ0v) is 12.5. The Balaban J connectivity index is 2.18. The molecule has 0 radical (unpaired) electrons. The molecule has 0 aromatic heterocycles. The molecule has 7 heteroatoms. The molecule has 0 fully saturated rings. The van der Waals surface area contributed by atoms with Crippen LogP contribution in [0.2, 0.25) is 0 Å². The summed E-state index contributed by atoms with van der Waals surface area (Å²) in [6.07, 6.45) is 1.01. The van der Waals surface area contributed by atoms with Crippen molar-refractivity contribution in [3.8, 4) is 0 Å². The summed E-state index contributed by atoms with van der Waals surface area (Å²) in [5.41, 5.74) is 0.672. The average molecular weight is 326 g/mol. The number of hydrogen-bond acceptors (Lipinski definition) is 3. The predicted molar refractivity (Wildman–Crippen MR) is 79.7 cm³/mol. The number of halogens is 3. The Morgan fingerprint density at radius 3 is 2.78 bits per heavy atom. The monoisotopic (exact) mass is 326 g/mol. The third-order valence-corrected chi connectivity index (χ3v) is 3.50. The standard InChI is InChI=1S/C16H17F3N2O2/c1-21-6-5-11(9-20-10-15(22)23)7-14(21)12-3-2-4-13(8-12)16(17,18)19/h2-8,14,20H,9-10H2,1H3,(H,22,23). The third kappa shape index (κ3) is 4.59. The van der Waals surface area contributed by atoms with Gasteiger partial charge in [-0.25, -0.2) is 0 Å². The Kier molecular flexibility index (Phi) is 5.10. The smallest absolute Gasteiger partial charge is 0.416 e. The number of rotatable bonds is 5. The maximum atomic E-state index is 12.8. The molecule has 2 rings (SSSR count). The van der Waals surface area contributed by atoms with Crippen LogP contribution >= 0.6 is 0 Å². The maximum absolute atomic E-state index is 12.8. The molecule has 1 aromatic carbocycles. The first kappa shape index (κ1) is 17.1. The van der Waals surface area contributed by atoms with Gasteiger partial charge in [-0.05, 0) is 35.5 Å². The molecule has 1 aromatic rings. The Morgan fingerprint density at radius 1 is 1.39 bits per heavy atom. The van der Waals surface area contributed by atoms with Crippen LogP contribution in [0.15, 0.2) is 48.2 Å². The van der Waals surface area contributed by atoms with E-state index in [1.165, 1.54) is 6.07 Å². The van der Waals surface area contributed by atoms with Crippen LogP contribution in [0.4, 0.5) is 13.2 Å². The van der Waals surface area contributed by atoms with Crippen LogP contribution in [0.3, 0.4) is 0 Å². The second kappa shape index (κ2) is 6.87. The lowest BCUT2D eigenvalue weighted by Crippen LogP contribution is -2.27. The molecule has 1 unspecified atom stereocenters. The number of carboxylic acids is 1. The molecule has 4 nitrogen and oxygen atoms in total. The van der Waals surface area contributed by atoms with Crippen molar-refractivity contribution in [2.75, 3.05) is 20.1 Å². The summed E-state index contributed by atoms with van der Waals surface area (Å²) >= 11 is 0. The number of likely N-dealkylation sites (N-methyl/N-ethyl adjacent to an activating group) is 1. The van der Waals surface area contributed by atoms with Crippen molar-refractivity contribution in [1.29, 1.82) is 0 Å². The fraction of sp³-hybridized carbons (Fsp3) is 0.312. The van der Waals surface area contributed by atoms with Gasteiger partial charge in [-0.1, -0.05) is 18.2 Å². The quantitative estimate of drug-likeness (QED) is 0.874. The first-order valence-corrected chi connectivity index (χ1v) is 6.98. The van der Waals surface area contributed by atoms with E-state index in [1.54, 1.807) is 30.3 Å². The zero-order chi connectivity index (χ0) is 17.0. The van der Waals surface area contributed by atoms with Gasteiger partial charge in [0.25, 0.3) is 0 Å². The van der Waals surface area contributed by atoms with Gasteiger partial charge in [0.1, 0.15) is 0 Å². The Labute approximate surface area is 131 Å². The van der Waals surface area contributed by atoms with Gasteiger partial charge in [0.05, 0.1) is 18.2 Å². The third-order valence-electron chi connectivity index (χ3n) is 3.50. The number of carboxylic acid groups (broad SMARTS) is 1. The van der Waals surface area contributed by atoms with Gasteiger partial charge >= 0.3 is 12.1 Å². The Hall–Kier alpha value is -2.28. The highest BCUT2D eigenvalue weighted by atomic mass is 19.4. The molecule has 1 aliphatic rings. The van der Waals surface area contributed by atoms with Gasteiger partial charge < -0.3 is 15.3 Å². The maximum Gasteiger partial charge on any atom is 0.416 e. The molecule has 0 bridgehead atoms. The van der Waals surface area contributed by atoms with Crippen molar-refractivity contribution in [1.82, 2.24) is 10.2 Å². The van der Waals surface area contributed by atoms with E-state index in [2.05, 4.69) is 5.32 Å². The van der Waals surface area contributed by atoms with Gasteiger partial charge in [-0.3, -0.25) is 4.79 Å². The molecule has 2 N–H and O–H groups in total. The lowest BCUT2D eigenvalue weighted by molar-refractivity contribution is -0.138. The highest BCUT2D eigenvalue weighted by Crippen LogP contribution is 2.33. The van der Waals surface area contributed by atoms with Crippen LogP contribution in [0, 0.1) is 0 Å². The number of carbonyl (C=O) groups is 1. The van der Waals surface area contributed by atoms with E-state index < -0.39 is 17.7 Å². The molecule has 23 heavy (non-hydrogen) atoms. The highest BCUT2D eigenvalue weighted by Gasteiger charge is 2.31. The number of alkyl halides is 3. The van der Waals surface area contributed by atoms with E-state index in [-0.39, 0.29) is 12.6 Å². The van der Waals surface area contributed by atoms with Gasteiger partial charge in [0.15, 0.2) is 0 Å². The molecule has 0 amide bonds. The first-order chi connectivity index (χ1) is 10.8. The number of nitrogens with zero attached hydrogens (tertiary/aromatic N) is 1. The van der Waals surface area contributed by atoms with Gasteiger partial charge in [-0.2, -0.15) is 13.2 Å². The SMILES string of the molecule is CN1C=CC(CNCC(=O)O)=CC1c1cccc(C(F)(F)F)c1. The molecule has 0 saturated carbocycles. The van der Waals surface area contributed by atoms with Crippen molar-refractivity contribution in [3.05, 3.63) is 59.3 Å². The Morgan fingerprint density at radius 2 is 2.13 bits per heavy atom. The minimum Gasteiger partial charge on any atom is -0.480 e. The van der Waals surface area contributed by atoms with E-state index in [9.17, 15) is 18.0 Å². The molecule has 1 aliphatic heterocycles. The number of nitrogens with one attached hydrogen (secondary N) is 1. The lowest BCUT2D eigenvalue weighted by Gasteiger charge is -2.29. The Bertz CT molecular complexity index is 638. The number of hydrogen-bond donors (Lipinski definition) is 2. The normalized spacial score (nSPS) is 18.0. The van der Waals surface area contributed by atoms with E-state index in [1.807, 2.05) is 6.08 Å². The predicted octanol–water partition coefficient (Wildman–Crippen LogP) is 2.81. The molecule has 124 valence electrons. The summed E-state index contributed by atoms with van der Waals surface area (Å²) in [5.74, 6) is -0.961. The summed E-state index contributed by atoms with van der Waals surface area (Å²) in [4.78, 5) is 12.3. The molecular formula is C16H17F3N2O2. The van der Waals surface area contributed by atoms with Crippen LogP contribution in [-0.4, -0.2) is 36.1 Å². The number of benzene rings is 1. The second-order valence-corrected chi connectivity index (χ2v) is 5.29. The fourth-order valence-corrected chi connectivity index (χ4v) is 2.34. The van der Waals surface area contributed by atoms with Crippen LogP contribution < -0.4 is 5.32 Å². The second-order valence-electron chi connectivity index (χ2n) is 5.29. The van der Waals surface area contributed by atoms with Crippen molar-refractivity contribution in [2.24, 2.45) is 0 Å².